The van der Waals surface area contributed by atoms with Crippen LogP contribution in [0, 0.1) is 0 Å². The van der Waals surface area contributed by atoms with Gasteiger partial charge in [-0.1, -0.05) is 123 Å². The van der Waals surface area contributed by atoms with Crippen molar-refractivity contribution in [2.75, 3.05) is 6.61 Å². The Balaban J connectivity index is 1.92. The molecule has 39 heavy (non-hydrogen) atoms. The SMILES string of the molecule is CCCCCCCCCCCCCC(=O)OCC(C)OC(=O)CCCCC1(CCCCCCCCCC)N=N1. The fourth-order valence-electron chi connectivity index (χ4n) is 5.15. The molecule has 1 unspecified atom stereocenters. The largest absolute Gasteiger partial charge is 0.462 e. The Morgan fingerprint density at radius 1 is 0.564 bits per heavy atom. The minimum Gasteiger partial charge on any atom is -0.462 e. The monoisotopic (exact) mass is 550 g/mol. The van der Waals surface area contributed by atoms with Gasteiger partial charge in [-0.15, -0.1) is 0 Å². The van der Waals surface area contributed by atoms with E-state index in [9.17, 15) is 9.59 Å². The summed E-state index contributed by atoms with van der Waals surface area (Å²) in [6.45, 7) is 6.44. The Kier molecular flexibility index (Phi) is 22.2. The summed E-state index contributed by atoms with van der Waals surface area (Å²) in [5.41, 5.74) is -0.151. The summed E-state index contributed by atoms with van der Waals surface area (Å²) >= 11 is 0. The third kappa shape index (κ3) is 22.0. The van der Waals surface area contributed by atoms with Crippen molar-refractivity contribution < 1.29 is 19.1 Å². The van der Waals surface area contributed by atoms with Crippen LogP contribution >= 0.6 is 0 Å². The van der Waals surface area contributed by atoms with Gasteiger partial charge in [-0.05, 0) is 45.4 Å². The van der Waals surface area contributed by atoms with Crippen molar-refractivity contribution in [1.29, 1.82) is 0 Å². The maximum Gasteiger partial charge on any atom is 0.306 e. The molecule has 0 spiro atoms. The first-order valence-electron chi connectivity index (χ1n) is 16.8. The van der Waals surface area contributed by atoms with E-state index >= 15 is 0 Å². The molecule has 1 atom stereocenters. The summed E-state index contributed by atoms with van der Waals surface area (Å²) in [4.78, 5) is 24.1. The first-order valence-corrected chi connectivity index (χ1v) is 16.8. The first kappa shape index (κ1) is 35.6. The smallest absolute Gasteiger partial charge is 0.306 e. The molecule has 0 amide bonds. The molecule has 0 N–H and O–H groups in total. The zero-order chi connectivity index (χ0) is 28.4. The van der Waals surface area contributed by atoms with E-state index in [4.69, 9.17) is 9.47 Å². The third-order valence-corrected chi connectivity index (χ3v) is 7.82. The molecule has 1 heterocycles. The number of rotatable bonds is 29. The number of unbranched alkanes of at least 4 members (excludes halogenated alkanes) is 18. The van der Waals surface area contributed by atoms with Crippen LogP contribution in [0.4, 0.5) is 0 Å². The lowest BCUT2D eigenvalue weighted by atomic mass is 9.98. The lowest BCUT2D eigenvalue weighted by Crippen LogP contribution is -2.22. The van der Waals surface area contributed by atoms with Gasteiger partial charge >= 0.3 is 11.9 Å². The number of hydrogen-bond donors (Lipinski definition) is 0. The van der Waals surface area contributed by atoms with Crippen molar-refractivity contribution in [3.63, 3.8) is 0 Å². The van der Waals surface area contributed by atoms with Gasteiger partial charge in [0.05, 0.1) is 0 Å². The second-order valence-corrected chi connectivity index (χ2v) is 11.9. The van der Waals surface area contributed by atoms with Crippen LogP contribution in [0.5, 0.6) is 0 Å². The summed E-state index contributed by atoms with van der Waals surface area (Å²) in [6, 6.07) is 0. The molecule has 228 valence electrons. The van der Waals surface area contributed by atoms with Crippen LogP contribution in [-0.4, -0.2) is 30.3 Å². The summed E-state index contributed by atoms with van der Waals surface area (Å²) in [5, 5.41) is 8.63. The van der Waals surface area contributed by atoms with Crippen molar-refractivity contribution in [3.05, 3.63) is 0 Å². The molecule has 0 fully saturated rings. The van der Waals surface area contributed by atoms with E-state index in [1.54, 1.807) is 6.92 Å². The Morgan fingerprint density at radius 2 is 0.949 bits per heavy atom. The normalized spacial score (nSPS) is 14.3. The molecule has 1 rings (SSSR count). The number of ether oxygens (including phenoxy) is 2. The van der Waals surface area contributed by atoms with Gasteiger partial charge in [-0.3, -0.25) is 9.59 Å². The van der Waals surface area contributed by atoms with E-state index in [1.165, 1.54) is 109 Å². The van der Waals surface area contributed by atoms with E-state index in [1.807, 2.05) is 0 Å². The molecule has 6 nitrogen and oxygen atoms in total. The van der Waals surface area contributed by atoms with Gasteiger partial charge in [-0.25, -0.2) is 0 Å². The van der Waals surface area contributed by atoms with Crippen molar-refractivity contribution in [3.8, 4) is 0 Å². The summed E-state index contributed by atoms with van der Waals surface area (Å²) in [6.07, 6.45) is 28.5. The standard InChI is InChI=1S/C33H62N2O4/c1-4-6-8-10-12-14-15-16-17-19-21-25-31(36)38-29-30(3)39-32(37)26-22-24-28-33(34-35-33)27-23-20-18-13-11-9-7-5-2/h30H,4-29H2,1-3H3. The fourth-order valence-corrected chi connectivity index (χ4v) is 5.15. The molecule has 1 aliphatic heterocycles. The van der Waals surface area contributed by atoms with Crippen LogP contribution in [0.25, 0.3) is 0 Å². The average Bonchev–Trinajstić information content (AvgIpc) is 3.70. The lowest BCUT2D eigenvalue weighted by molar-refractivity contribution is -0.158. The Bertz CT molecular complexity index is 631. The van der Waals surface area contributed by atoms with E-state index < -0.39 is 6.10 Å². The molecule has 0 aromatic carbocycles. The van der Waals surface area contributed by atoms with Crippen molar-refractivity contribution in [2.24, 2.45) is 10.2 Å². The van der Waals surface area contributed by atoms with Gasteiger partial charge in [-0.2, -0.15) is 10.2 Å². The Labute approximate surface area is 240 Å². The Morgan fingerprint density at radius 3 is 1.44 bits per heavy atom. The highest BCUT2D eigenvalue weighted by atomic mass is 16.6. The van der Waals surface area contributed by atoms with Crippen molar-refractivity contribution >= 4 is 11.9 Å². The zero-order valence-electron chi connectivity index (χ0n) is 26.0. The second-order valence-electron chi connectivity index (χ2n) is 11.9. The molecule has 1 aliphatic rings. The maximum atomic E-state index is 12.2. The quantitative estimate of drug-likeness (QED) is 0.0685. The first-order chi connectivity index (χ1) is 19.0. The van der Waals surface area contributed by atoms with Gasteiger partial charge < -0.3 is 9.47 Å². The molecule has 0 saturated carbocycles. The zero-order valence-corrected chi connectivity index (χ0v) is 26.0. The second kappa shape index (κ2) is 24.3. The van der Waals surface area contributed by atoms with E-state index in [0.717, 1.165) is 38.5 Å². The van der Waals surface area contributed by atoms with Crippen molar-refractivity contribution in [1.82, 2.24) is 0 Å². The number of esters is 2. The highest BCUT2D eigenvalue weighted by Crippen LogP contribution is 2.38. The van der Waals surface area contributed by atoms with E-state index in [0.29, 0.717) is 12.8 Å². The molecule has 0 saturated heterocycles. The van der Waals surface area contributed by atoms with Crippen LogP contribution < -0.4 is 0 Å². The van der Waals surface area contributed by atoms with Gasteiger partial charge in [0.15, 0.2) is 5.66 Å². The predicted molar refractivity (Wildman–Crippen MR) is 161 cm³/mol. The fraction of sp³-hybridized carbons (Fsp3) is 0.939. The van der Waals surface area contributed by atoms with Gasteiger partial charge in [0.25, 0.3) is 0 Å². The summed E-state index contributed by atoms with van der Waals surface area (Å²) in [7, 11) is 0. The molecule has 0 aliphatic carbocycles. The highest BCUT2D eigenvalue weighted by molar-refractivity contribution is 5.70. The minimum absolute atomic E-state index is 0.141. The molecular formula is C33H62N2O4. The summed E-state index contributed by atoms with van der Waals surface area (Å²) < 4.78 is 10.7. The topological polar surface area (TPSA) is 77.3 Å². The molecule has 0 aromatic rings. The van der Waals surface area contributed by atoms with Crippen LogP contribution in [-0.2, 0) is 19.1 Å². The van der Waals surface area contributed by atoms with Crippen LogP contribution in [0.2, 0.25) is 0 Å². The van der Waals surface area contributed by atoms with Crippen LogP contribution in [0.1, 0.15) is 181 Å². The van der Waals surface area contributed by atoms with Crippen molar-refractivity contribution in [2.45, 2.75) is 193 Å². The predicted octanol–water partition coefficient (Wildman–Crippen LogP) is 10.4. The maximum absolute atomic E-state index is 12.2. The summed E-state index contributed by atoms with van der Waals surface area (Å²) in [5.74, 6) is -0.404. The van der Waals surface area contributed by atoms with Crippen LogP contribution in [0.3, 0.4) is 0 Å². The molecule has 0 aromatic heterocycles. The number of carbonyl (C=O) groups excluding carboxylic acids is 2. The number of carbonyl (C=O) groups is 2. The molecule has 0 radical (unpaired) electrons. The van der Waals surface area contributed by atoms with Crippen LogP contribution in [0.15, 0.2) is 10.2 Å². The Hall–Kier alpha value is -1.46. The minimum atomic E-state index is -0.402. The lowest BCUT2D eigenvalue weighted by Gasteiger charge is -2.14. The van der Waals surface area contributed by atoms with E-state index in [2.05, 4.69) is 24.1 Å². The molecular weight excluding hydrogens is 488 g/mol. The molecule has 0 bridgehead atoms. The van der Waals surface area contributed by atoms with Gasteiger partial charge in [0.2, 0.25) is 0 Å². The third-order valence-electron chi connectivity index (χ3n) is 7.82. The molecule has 6 heteroatoms. The highest BCUT2D eigenvalue weighted by Gasteiger charge is 2.38. The van der Waals surface area contributed by atoms with E-state index in [-0.39, 0.29) is 24.2 Å². The van der Waals surface area contributed by atoms with Gasteiger partial charge in [0.1, 0.15) is 12.7 Å². The number of nitrogens with zero attached hydrogens (tertiary/aromatic N) is 2. The van der Waals surface area contributed by atoms with Gasteiger partial charge in [0, 0.05) is 12.8 Å². The number of hydrogen-bond acceptors (Lipinski definition) is 6. The average molecular weight is 551 g/mol.